The molecular weight excluding hydrogens is 423 g/mol. The fourth-order valence-corrected chi connectivity index (χ4v) is 3.99. The zero-order chi connectivity index (χ0) is 22.4. The van der Waals surface area contributed by atoms with Gasteiger partial charge in [0, 0.05) is 29.9 Å². The van der Waals surface area contributed by atoms with Gasteiger partial charge >= 0.3 is 5.69 Å². The van der Waals surface area contributed by atoms with Crippen LogP contribution in [0.25, 0.3) is 17.1 Å². The van der Waals surface area contributed by atoms with Gasteiger partial charge in [0.1, 0.15) is 5.82 Å². The minimum atomic E-state index is -0.599. The molecule has 0 atom stereocenters. The van der Waals surface area contributed by atoms with Crippen molar-refractivity contribution in [3.63, 3.8) is 0 Å². The highest BCUT2D eigenvalue weighted by Gasteiger charge is 2.23. The number of fused-ring (bicyclic) bond motifs is 1. The molecule has 0 spiro atoms. The van der Waals surface area contributed by atoms with Crippen LogP contribution in [-0.2, 0) is 20.1 Å². The minimum absolute atomic E-state index is 0.0862. The van der Waals surface area contributed by atoms with E-state index in [9.17, 15) is 14.0 Å². The molecule has 0 saturated carbocycles. The molecular formula is C21H22ClFN6O2. The maximum absolute atomic E-state index is 14.3. The first-order valence-corrected chi connectivity index (χ1v) is 10.3. The summed E-state index contributed by atoms with van der Waals surface area (Å²) in [5.74, 6) is -0.122. The number of aryl methyl sites for hydroxylation is 4. The predicted octanol–water partition coefficient (Wildman–Crippen LogP) is 2.95. The Kier molecular flexibility index (Phi) is 5.30. The fourth-order valence-electron chi connectivity index (χ4n) is 3.77. The summed E-state index contributed by atoms with van der Waals surface area (Å²) >= 11 is 6.13. The van der Waals surface area contributed by atoms with E-state index < -0.39 is 17.1 Å². The fraction of sp³-hybridized carbons (Fsp3) is 0.333. The summed E-state index contributed by atoms with van der Waals surface area (Å²) in [5, 5.41) is 4.64. The molecule has 0 saturated heterocycles. The quantitative estimate of drug-likeness (QED) is 0.474. The summed E-state index contributed by atoms with van der Waals surface area (Å²) in [5.41, 5.74) is 1.12. The van der Waals surface area contributed by atoms with E-state index >= 15 is 0 Å². The van der Waals surface area contributed by atoms with Crippen molar-refractivity contribution in [1.29, 1.82) is 0 Å². The molecule has 0 aliphatic rings. The van der Waals surface area contributed by atoms with E-state index in [4.69, 9.17) is 11.6 Å². The smallest absolute Gasteiger partial charge is 0.302 e. The molecule has 0 fully saturated rings. The van der Waals surface area contributed by atoms with Crippen LogP contribution in [0.4, 0.5) is 4.39 Å². The van der Waals surface area contributed by atoms with Crippen molar-refractivity contribution in [3.05, 3.63) is 72.9 Å². The van der Waals surface area contributed by atoms with E-state index in [0.29, 0.717) is 12.5 Å². The van der Waals surface area contributed by atoms with E-state index in [0.717, 1.165) is 22.4 Å². The monoisotopic (exact) mass is 444 g/mol. The predicted molar refractivity (Wildman–Crippen MR) is 117 cm³/mol. The van der Waals surface area contributed by atoms with Crippen LogP contribution in [0.1, 0.15) is 30.3 Å². The van der Waals surface area contributed by atoms with Gasteiger partial charge in [0.25, 0.3) is 5.56 Å². The number of hydrogen-bond acceptors (Lipinski definition) is 4. The van der Waals surface area contributed by atoms with Gasteiger partial charge in [0.15, 0.2) is 11.2 Å². The first-order chi connectivity index (χ1) is 14.7. The Bertz CT molecular complexity index is 1410. The lowest BCUT2D eigenvalue weighted by molar-refractivity contribution is 0.581. The second-order valence-corrected chi connectivity index (χ2v) is 7.91. The normalized spacial score (nSPS) is 11.5. The van der Waals surface area contributed by atoms with E-state index in [-0.39, 0.29) is 28.3 Å². The highest BCUT2D eigenvalue weighted by molar-refractivity contribution is 6.31. The third-order valence-electron chi connectivity index (χ3n) is 5.24. The van der Waals surface area contributed by atoms with Gasteiger partial charge in [-0.2, -0.15) is 10.1 Å². The number of aromatic nitrogens is 6. The zero-order valence-electron chi connectivity index (χ0n) is 17.7. The summed E-state index contributed by atoms with van der Waals surface area (Å²) in [6.45, 7) is 5.97. The van der Waals surface area contributed by atoms with Crippen LogP contribution in [0.5, 0.6) is 0 Å². The molecule has 0 aliphatic carbocycles. The first kappa shape index (κ1) is 21.0. The van der Waals surface area contributed by atoms with Crippen molar-refractivity contribution in [3.8, 4) is 5.95 Å². The summed E-state index contributed by atoms with van der Waals surface area (Å²) in [6, 6.07) is 6.16. The van der Waals surface area contributed by atoms with Crippen LogP contribution in [0.15, 0.2) is 33.9 Å². The zero-order valence-corrected chi connectivity index (χ0v) is 18.4. The molecule has 0 bridgehead atoms. The van der Waals surface area contributed by atoms with Gasteiger partial charge in [-0.25, -0.2) is 13.9 Å². The first-order valence-electron chi connectivity index (χ1n) is 9.91. The molecule has 0 aliphatic heterocycles. The standard InChI is InChI=1S/C21H22ClFN6O2/c1-5-9-27-17-18(24-20(27)29-13(3)10-12(2)25-29)26(4)21(31)28(19(17)30)11-14-15(22)7-6-8-16(14)23/h6-8,10H,5,9,11H2,1-4H3. The van der Waals surface area contributed by atoms with Crippen LogP contribution >= 0.6 is 11.6 Å². The van der Waals surface area contributed by atoms with E-state index in [1.54, 1.807) is 9.25 Å². The van der Waals surface area contributed by atoms with Gasteiger partial charge in [0.2, 0.25) is 5.95 Å². The van der Waals surface area contributed by atoms with E-state index in [1.807, 2.05) is 26.8 Å². The molecule has 8 nitrogen and oxygen atoms in total. The molecule has 4 aromatic rings. The Labute approximate surface area is 182 Å². The van der Waals surface area contributed by atoms with Crippen molar-refractivity contribution < 1.29 is 4.39 Å². The van der Waals surface area contributed by atoms with Crippen molar-refractivity contribution in [2.75, 3.05) is 0 Å². The number of rotatable bonds is 5. The lowest BCUT2D eigenvalue weighted by Gasteiger charge is -2.12. The molecule has 0 amide bonds. The van der Waals surface area contributed by atoms with E-state index in [1.165, 1.54) is 29.8 Å². The van der Waals surface area contributed by atoms with Gasteiger partial charge in [-0.05, 0) is 38.5 Å². The molecule has 0 radical (unpaired) electrons. The third kappa shape index (κ3) is 3.38. The summed E-state index contributed by atoms with van der Waals surface area (Å²) in [7, 11) is 1.54. The van der Waals surface area contributed by atoms with Crippen LogP contribution in [-0.4, -0.2) is 28.5 Å². The molecule has 0 unspecified atom stereocenters. The Morgan fingerprint density at radius 1 is 1.16 bits per heavy atom. The molecule has 162 valence electrons. The van der Waals surface area contributed by atoms with Gasteiger partial charge < -0.3 is 4.57 Å². The average Bonchev–Trinajstić information content (AvgIpc) is 3.25. The largest absolute Gasteiger partial charge is 0.332 e. The Hall–Kier alpha value is -3.20. The lowest BCUT2D eigenvalue weighted by atomic mass is 10.2. The molecule has 31 heavy (non-hydrogen) atoms. The minimum Gasteiger partial charge on any atom is -0.302 e. The second-order valence-electron chi connectivity index (χ2n) is 7.51. The maximum atomic E-state index is 14.3. The molecule has 1 aromatic carbocycles. The van der Waals surface area contributed by atoms with Crippen molar-refractivity contribution in [1.82, 2.24) is 28.5 Å². The molecule has 4 rings (SSSR count). The Balaban J connectivity index is 2.03. The van der Waals surface area contributed by atoms with Crippen LogP contribution in [0.3, 0.4) is 0 Å². The van der Waals surface area contributed by atoms with Crippen molar-refractivity contribution >= 4 is 22.8 Å². The molecule has 3 aromatic heterocycles. The van der Waals surface area contributed by atoms with E-state index in [2.05, 4.69) is 10.1 Å². The highest BCUT2D eigenvalue weighted by atomic mass is 35.5. The van der Waals surface area contributed by atoms with Crippen LogP contribution < -0.4 is 11.2 Å². The molecule has 0 N–H and O–H groups in total. The van der Waals surface area contributed by atoms with Crippen molar-refractivity contribution in [2.45, 2.75) is 40.3 Å². The van der Waals surface area contributed by atoms with Gasteiger partial charge in [-0.3, -0.25) is 13.9 Å². The summed E-state index contributed by atoms with van der Waals surface area (Å²) in [4.78, 5) is 31.1. The highest BCUT2D eigenvalue weighted by Crippen LogP contribution is 2.21. The topological polar surface area (TPSA) is 79.6 Å². The second kappa shape index (κ2) is 7.81. The van der Waals surface area contributed by atoms with Crippen LogP contribution in [0.2, 0.25) is 5.02 Å². The summed E-state index contributed by atoms with van der Waals surface area (Å²) in [6.07, 6.45) is 0.735. The van der Waals surface area contributed by atoms with Gasteiger partial charge in [-0.15, -0.1) is 0 Å². The number of nitrogens with zero attached hydrogens (tertiary/aromatic N) is 6. The number of hydrogen-bond donors (Lipinski definition) is 0. The number of halogens is 2. The van der Waals surface area contributed by atoms with Gasteiger partial charge in [-0.1, -0.05) is 24.6 Å². The maximum Gasteiger partial charge on any atom is 0.332 e. The summed E-state index contributed by atoms with van der Waals surface area (Å²) < 4.78 is 20.1. The SMILES string of the molecule is CCCn1c(-n2nc(C)cc2C)nc2c1c(=O)n(Cc1c(F)cccc1Cl)c(=O)n2C. The third-order valence-corrected chi connectivity index (χ3v) is 5.59. The number of imidazole rings is 1. The molecule has 10 heteroatoms. The molecule has 3 heterocycles. The van der Waals surface area contributed by atoms with Crippen LogP contribution in [0, 0.1) is 19.7 Å². The number of benzene rings is 1. The Morgan fingerprint density at radius 3 is 2.52 bits per heavy atom. The van der Waals surface area contributed by atoms with Gasteiger partial charge in [0.05, 0.1) is 12.2 Å². The average molecular weight is 445 g/mol. The lowest BCUT2D eigenvalue weighted by Crippen LogP contribution is -2.40. The van der Waals surface area contributed by atoms with Crippen molar-refractivity contribution in [2.24, 2.45) is 7.05 Å². The Morgan fingerprint density at radius 2 is 1.90 bits per heavy atom.